The highest BCUT2D eigenvalue weighted by molar-refractivity contribution is 8.00. The number of rotatable bonds is 4. The number of thioether (sulfide) groups is 1. The van der Waals surface area contributed by atoms with Gasteiger partial charge in [0.05, 0.1) is 5.38 Å². The molecule has 5 heteroatoms. The molecule has 1 aliphatic carbocycles. The highest BCUT2D eigenvalue weighted by atomic mass is 35.5. The molecule has 0 amide bonds. The third-order valence-corrected chi connectivity index (χ3v) is 5.85. The lowest BCUT2D eigenvalue weighted by molar-refractivity contribution is 0.321. The second-order valence-electron chi connectivity index (χ2n) is 5.77. The lowest BCUT2D eigenvalue weighted by atomic mass is 9.84. The highest BCUT2D eigenvalue weighted by Gasteiger charge is 2.37. The van der Waals surface area contributed by atoms with Crippen molar-refractivity contribution < 1.29 is 0 Å². The Balaban J connectivity index is 2.09. The Hall–Kier alpha value is -0.740. The zero-order chi connectivity index (χ0) is 14.3. The summed E-state index contributed by atoms with van der Waals surface area (Å²) in [5.41, 5.74) is 3.07. The van der Waals surface area contributed by atoms with Gasteiger partial charge in [0, 0.05) is 17.5 Å². The molecule has 0 bridgehead atoms. The summed E-state index contributed by atoms with van der Waals surface area (Å²) in [6.45, 7) is 5.00. The van der Waals surface area contributed by atoms with Crippen molar-refractivity contribution in [3.05, 3.63) is 23.7 Å². The largest absolute Gasteiger partial charge is 0.310 e. The van der Waals surface area contributed by atoms with Gasteiger partial charge in [-0.2, -0.15) is 11.8 Å². The van der Waals surface area contributed by atoms with E-state index in [-0.39, 0.29) is 5.38 Å². The summed E-state index contributed by atoms with van der Waals surface area (Å²) in [5.74, 6) is 0.945. The Morgan fingerprint density at radius 2 is 2.25 bits per heavy atom. The molecule has 1 saturated carbocycles. The van der Waals surface area contributed by atoms with E-state index >= 15 is 0 Å². The minimum Gasteiger partial charge on any atom is -0.310 e. The molecule has 1 aliphatic rings. The predicted octanol–water partition coefficient (Wildman–Crippen LogP) is 4.33. The van der Waals surface area contributed by atoms with Gasteiger partial charge in [-0.15, -0.1) is 11.6 Å². The van der Waals surface area contributed by atoms with Gasteiger partial charge in [-0.05, 0) is 44.6 Å². The van der Waals surface area contributed by atoms with E-state index < -0.39 is 0 Å². The fraction of sp³-hybridized carbons (Fsp3) is 0.600. The van der Waals surface area contributed by atoms with Gasteiger partial charge in [-0.1, -0.05) is 6.42 Å². The van der Waals surface area contributed by atoms with E-state index in [1.807, 2.05) is 31.8 Å². The number of imidazole rings is 1. The second kappa shape index (κ2) is 5.23. The Bertz CT molecular complexity index is 626. The maximum atomic E-state index is 6.33. The van der Waals surface area contributed by atoms with Crippen LogP contribution >= 0.6 is 23.4 Å². The first-order valence-corrected chi connectivity index (χ1v) is 8.73. The Morgan fingerprint density at radius 1 is 1.50 bits per heavy atom. The number of aromatic nitrogens is 3. The van der Waals surface area contributed by atoms with Crippen LogP contribution in [0.3, 0.4) is 0 Å². The van der Waals surface area contributed by atoms with Crippen molar-refractivity contribution in [2.75, 3.05) is 6.26 Å². The fourth-order valence-corrected chi connectivity index (χ4v) is 4.00. The van der Waals surface area contributed by atoms with Crippen molar-refractivity contribution in [1.82, 2.24) is 14.5 Å². The molecule has 0 N–H and O–H groups in total. The number of nitrogens with zero attached hydrogens (tertiary/aromatic N) is 3. The molecule has 20 heavy (non-hydrogen) atoms. The van der Waals surface area contributed by atoms with Crippen LogP contribution in [0.1, 0.15) is 43.0 Å². The molecule has 1 fully saturated rings. The van der Waals surface area contributed by atoms with Crippen LogP contribution in [0, 0.1) is 6.92 Å². The number of alkyl halides is 1. The van der Waals surface area contributed by atoms with Crippen LogP contribution in [0.15, 0.2) is 12.3 Å². The maximum Gasteiger partial charge on any atom is 0.160 e. The van der Waals surface area contributed by atoms with E-state index in [9.17, 15) is 0 Å². The van der Waals surface area contributed by atoms with Crippen molar-refractivity contribution >= 4 is 34.5 Å². The van der Waals surface area contributed by atoms with E-state index in [1.165, 1.54) is 19.3 Å². The van der Waals surface area contributed by atoms with Crippen molar-refractivity contribution in [3.63, 3.8) is 0 Å². The van der Waals surface area contributed by atoms with Crippen LogP contribution in [-0.2, 0) is 6.54 Å². The average Bonchev–Trinajstić information content (AvgIpc) is 2.71. The SMILES string of the molecule is CSC1(Cn2c(C(C)Cl)nc3cc(C)cnc32)CCC1. The van der Waals surface area contributed by atoms with E-state index in [1.54, 1.807) is 0 Å². The van der Waals surface area contributed by atoms with E-state index in [2.05, 4.69) is 21.9 Å². The molecule has 2 aromatic heterocycles. The van der Waals surface area contributed by atoms with Gasteiger partial charge < -0.3 is 4.57 Å². The zero-order valence-electron chi connectivity index (χ0n) is 12.2. The monoisotopic (exact) mass is 309 g/mol. The standard InChI is InChI=1S/C15H20ClN3S/c1-10-7-12-14(17-8-10)19(13(18-12)11(2)16)9-15(20-3)5-4-6-15/h7-8,11H,4-6,9H2,1-3H3. The van der Waals surface area contributed by atoms with Crippen LogP contribution in [0.4, 0.5) is 0 Å². The van der Waals surface area contributed by atoms with Gasteiger partial charge >= 0.3 is 0 Å². The number of aryl methyl sites for hydroxylation is 1. The molecule has 0 aliphatic heterocycles. The van der Waals surface area contributed by atoms with Crippen molar-refractivity contribution in [1.29, 1.82) is 0 Å². The van der Waals surface area contributed by atoms with Gasteiger partial charge in [-0.3, -0.25) is 0 Å². The van der Waals surface area contributed by atoms with E-state index in [0.717, 1.165) is 29.1 Å². The molecule has 3 rings (SSSR count). The van der Waals surface area contributed by atoms with Crippen molar-refractivity contribution in [2.24, 2.45) is 0 Å². The van der Waals surface area contributed by atoms with Crippen LogP contribution in [-0.4, -0.2) is 25.5 Å². The lowest BCUT2D eigenvalue weighted by Gasteiger charge is -2.41. The molecule has 1 unspecified atom stereocenters. The van der Waals surface area contributed by atoms with Gasteiger partial charge in [0.25, 0.3) is 0 Å². The Labute approximate surface area is 129 Å². The Morgan fingerprint density at radius 3 is 2.80 bits per heavy atom. The smallest absolute Gasteiger partial charge is 0.160 e. The first-order chi connectivity index (χ1) is 9.54. The summed E-state index contributed by atoms with van der Waals surface area (Å²) < 4.78 is 2.59. The van der Waals surface area contributed by atoms with Crippen LogP contribution in [0.2, 0.25) is 0 Å². The summed E-state index contributed by atoms with van der Waals surface area (Å²) >= 11 is 8.30. The molecule has 0 saturated heterocycles. The molecule has 0 aromatic carbocycles. The summed E-state index contributed by atoms with van der Waals surface area (Å²) in [5, 5.41) is -0.0940. The molecule has 0 spiro atoms. The number of hydrogen-bond acceptors (Lipinski definition) is 3. The van der Waals surface area contributed by atoms with E-state index in [0.29, 0.717) is 4.75 Å². The molecule has 108 valence electrons. The first kappa shape index (κ1) is 14.2. The van der Waals surface area contributed by atoms with E-state index in [4.69, 9.17) is 16.6 Å². The molecule has 1 atom stereocenters. The zero-order valence-corrected chi connectivity index (χ0v) is 13.8. The van der Waals surface area contributed by atoms with Crippen LogP contribution in [0.25, 0.3) is 11.2 Å². The average molecular weight is 310 g/mol. The van der Waals surface area contributed by atoms with Crippen LogP contribution < -0.4 is 0 Å². The number of hydrogen-bond donors (Lipinski definition) is 0. The predicted molar refractivity (Wildman–Crippen MR) is 86.6 cm³/mol. The van der Waals surface area contributed by atoms with Gasteiger partial charge in [0.2, 0.25) is 0 Å². The summed E-state index contributed by atoms with van der Waals surface area (Å²) in [6.07, 6.45) is 7.99. The molecule has 2 heterocycles. The highest BCUT2D eigenvalue weighted by Crippen LogP contribution is 2.45. The third kappa shape index (κ3) is 2.33. The minimum atomic E-state index is -0.0940. The summed E-state index contributed by atoms with van der Waals surface area (Å²) in [4.78, 5) is 9.30. The number of fused-ring (bicyclic) bond motifs is 1. The lowest BCUT2D eigenvalue weighted by Crippen LogP contribution is -2.38. The topological polar surface area (TPSA) is 30.7 Å². The summed E-state index contributed by atoms with van der Waals surface area (Å²) in [6, 6.07) is 2.09. The van der Waals surface area contributed by atoms with Gasteiger partial charge in [0.1, 0.15) is 11.3 Å². The summed E-state index contributed by atoms with van der Waals surface area (Å²) in [7, 11) is 0. The van der Waals surface area contributed by atoms with Crippen molar-refractivity contribution in [3.8, 4) is 0 Å². The molecule has 3 nitrogen and oxygen atoms in total. The second-order valence-corrected chi connectivity index (χ2v) is 7.70. The Kier molecular flexibility index (Phi) is 3.71. The number of pyridine rings is 1. The number of halogens is 1. The van der Waals surface area contributed by atoms with Crippen LogP contribution in [0.5, 0.6) is 0 Å². The molecular formula is C15H20ClN3S. The quantitative estimate of drug-likeness (QED) is 0.788. The van der Waals surface area contributed by atoms with Gasteiger partial charge in [-0.25, -0.2) is 9.97 Å². The first-order valence-electron chi connectivity index (χ1n) is 7.07. The molecule has 2 aromatic rings. The van der Waals surface area contributed by atoms with Crippen molar-refractivity contribution in [2.45, 2.75) is 49.8 Å². The third-order valence-electron chi connectivity index (χ3n) is 4.25. The molecular weight excluding hydrogens is 290 g/mol. The fourth-order valence-electron chi connectivity index (χ4n) is 2.87. The van der Waals surface area contributed by atoms with Gasteiger partial charge in [0.15, 0.2) is 5.65 Å². The normalized spacial score (nSPS) is 19.0. The molecule has 0 radical (unpaired) electrons. The minimum absolute atomic E-state index is 0.0940. The maximum absolute atomic E-state index is 6.33.